The normalized spacial score (nSPS) is 13.9. The maximum atomic E-state index is 11.9. The van der Waals surface area contributed by atoms with Crippen molar-refractivity contribution in [2.45, 2.75) is 32.4 Å². The second-order valence-corrected chi connectivity index (χ2v) is 5.69. The summed E-state index contributed by atoms with van der Waals surface area (Å²) in [6.45, 7) is 3.56. The molecule has 0 radical (unpaired) electrons. The topological polar surface area (TPSA) is 92.9 Å². The monoisotopic (exact) mass is 295 g/mol. The van der Waals surface area contributed by atoms with Crippen LogP contribution in [-0.4, -0.2) is 43.4 Å². The molecule has 108 valence electrons. The first-order valence-electron chi connectivity index (χ1n) is 6.30. The van der Waals surface area contributed by atoms with Crippen molar-refractivity contribution < 1.29 is 9.90 Å². The molecule has 2 aromatic rings. The van der Waals surface area contributed by atoms with E-state index in [-0.39, 0.29) is 19.1 Å². The third-order valence-corrected chi connectivity index (χ3v) is 3.92. The van der Waals surface area contributed by atoms with Crippen LogP contribution < -0.4 is 5.32 Å². The maximum absolute atomic E-state index is 11.9. The van der Waals surface area contributed by atoms with E-state index in [2.05, 4.69) is 20.7 Å². The largest absolute Gasteiger partial charge is 0.394 e. The van der Waals surface area contributed by atoms with Crippen LogP contribution in [0, 0.1) is 0 Å². The number of carbonyl (C=O) groups is 1. The summed E-state index contributed by atoms with van der Waals surface area (Å²) in [6.07, 6.45) is 0.639. The Kier molecular flexibility index (Phi) is 4.46. The number of rotatable bonds is 6. The number of amides is 1. The van der Waals surface area contributed by atoms with Crippen LogP contribution in [0.3, 0.4) is 0 Å². The number of nitrogens with zero attached hydrogens (tertiary/aromatic N) is 4. The van der Waals surface area contributed by atoms with Gasteiger partial charge in [0.15, 0.2) is 0 Å². The molecule has 0 aliphatic rings. The van der Waals surface area contributed by atoms with Gasteiger partial charge in [0.2, 0.25) is 11.7 Å². The molecule has 0 aliphatic carbocycles. The van der Waals surface area contributed by atoms with Crippen molar-refractivity contribution in [2.75, 3.05) is 6.61 Å². The van der Waals surface area contributed by atoms with Crippen molar-refractivity contribution in [2.24, 2.45) is 0 Å². The zero-order chi connectivity index (χ0) is 14.6. The molecule has 1 atom stereocenters. The van der Waals surface area contributed by atoms with Crippen molar-refractivity contribution in [3.05, 3.63) is 17.5 Å². The van der Waals surface area contributed by atoms with E-state index in [1.165, 1.54) is 16.1 Å². The minimum atomic E-state index is -0.617. The SMILES string of the molecule is CCC(C)(CO)NC(=O)Cn1nnc(-c2cccs2)n1. The molecule has 2 aromatic heterocycles. The number of hydrogen-bond donors (Lipinski definition) is 2. The minimum absolute atomic E-state index is 0.0199. The molecule has 0 aliphatic heterocycles. The first-order chi connectivity index (χ1) is 9.56. The van der Waals surface area contributed by atoms with Gasteiger partial charge in [0, 0.05) is 0 Å². The first-order valence-corrected chi connectivity index (χ1v) is 7.18. The summed E-state index contributed by atoms with van der Waals surface area (Å²) in [5, 5.41) is 25.9. The summed E-state index contributed by atoms with van der Waals surface area (Å²) in [5.41, 5.74) is -0.617. The molecule has 8 heteroatoms. The average molecular weight is 295 g/mol. The summed E-state index contributed by atoms with van der Waals surface area (Å²) in [5.74, 6) is 0.256. The zero-order valence-electron chi connectivity index (χ0n) is 11.4. The molecule has 2 heterocycles. The Morgan fingerprint density at radius 1 is 1.60 bits per heavy atom. The van der Waals surface area contributed by atoms with E-state index in [4.69, 9.17) is 0 Å². The third-order valence-electron chi connectivity index (χ3n) is 3.05. The number of carbonyl (C=O) groups excluding carboxylic acids is 1. The Bertz CT molecular complexity index is 562. The summed E-state index contributed by atoms with van der Waals surface area (Å²) >= 11 is 1.51. The van der Waals surface area contributed by atoms with Gasteiger partial charge in [0.1, 0.15) is 6.54 Å². The van der Waals surface area contributed by atoms with E-state index in [9.17, 15) is 9.90 Å². The number of thiophene rings is 1. The first kappa shape index (κ1) is 14.6. The molecule has 0 bridgehead atoms. The summed E-state index contributed by atoms with van der Waals surface area (Å²) in [6, 6.07) is 3.80. The molecule has 0 fully saturated rings. The lowest BCUT2D eigenvalue weighted by molar-refractivity contribution is -0.124. The van der Waals surface area contributed by atoms with Crippen LogP contribution in [-0.2, 0) is 11.3 Å². The van der Waals surface area contributed by atoms with Crippen LogP contribution >= 0.6 is 11.3 Å². The van der Waals surface area contributed by atoms with Crippen molar-refractivity contribution in [1.82, 2.24) is 25.5 Å². The van der Waals surface area contributed by atoms with Crippen LogP contribution in [0.1, 0.15) is 20.3 Å². The number of nitrogens with one attached hydrogen (secondary N) is 1. The highest BCUT2D eigenvalue weighted by atomic mass is 32.1. The van der Waals surface area contributed by atoms with E-state index >= 15 is 0 Å². The fourth-order valence-electron chi connectivity index (χ4n) is 1.56. The predicted octanol–water partition coefficient (Wildman–Crippen LogP) is 0.679. The fraction of sp³-hybridized carbons (Fsp3) is 0.500. The maximum Gasteiger partial charge on any atom is 0.244 e. The van der Waals surface area contributed by atoms with E-state index in [1.54, 1.807) is 6.92 Å². The van der Waals surface area contributed by atoms with Gasteiger partial charge in [-0.05, 0) is 30.0 Å². The minimum Gasteiger partial charge on any atom is -0.394 e. The summed E-state index contributed by atoms with van der Waals surface area (Å²) < 4.78 is 0. The lowest BCUT2D eigenvalue weighted by Crippen LogP contribution is -2.49. The number of aliphatic hydroxyl groups is 1. The van der Waals surface area contributed by atoms with Gasteiger partial charge in [-0.25, -0.2) is 0 Å². The Hall–Kier alpha value is -1.80. The summed E-state index contributed by atoms with van der Waals surface area (Å²) in [4.78, 5) is 14.0. The molecule has 0 spiro atoms. The van der Waals surface area contributed by atoms with E-state index in [1.807, 2.05) is 24.4 Å². The Morgan fingerprint density at radius 3 is 3.00 bits per heavy atom. The van der Waals surface area contributed by atoms with Crippen molar-refractivity contribution in [1.29, 1.82) is 0 Å². The molecule has 2 rings (SSSR count). The van der Waals surface area contributed by atoms with Gasteiger partial charge in [-0.2, -0.15) is 4.80 Å². The Balaban J connectivity index is 1.99. The Labute approximate surface area is 120 Å². The molecule has 20 heavy (non-hydrogen) atoms. The van der Waals surface area contributed by atoms with Gasteiger partial charge in [0.05, 0.1) is 17.0 Å². The highest BCUT2D eigenvalue weighted by Crippen LogP contribution is 2.19. The van der Waals surface area contributed by atoms with Gasteiger partial charge in [-0.1, -0.05) is 13.0 Å². The standard InChI is InChI=1S/C12H17N5O2S/c1-3-12(2,8-18)13-10(19)7-17-15-11(14-16-17)9-5-4-6-20-9/h4-6,18H,3,7-8H2,1-2H3,(H,13,19). The quantitative estimate of drug-likeness (QED) is 0.817. The van der Waals surface area contributed by atoms with Gasteiger partial charge in [-0.3, -0.25) is 4.79 Å². The molecular formula is C12H17N5O2S. The molecule has 1 unspecified atom stereocenters. The van der Waals surface area contributed by atoms with E-state index < -0.39 is 5.54 Å². The van der Waals surface area contributed by atoms with Crippen molar-refractivity contribution >= 4 is 17.2 Å². The van der Waals surface area contributed by atoms with E-state index in [0.29, 0.717) is 12.2 Å². The van der Waals surface area contributed by atoms with Crippen LogP contribution in [0.15, 0.2) is 17.5 Å². The molecule has 2 N–H and O–H groups in total. The smallest absolute Gasteiger partial charge is 0.244 e. The highest BCUT2D eigenvalue weighted by molar-refractivity contribution is 7.13. The lowest BCUT2D eigenvalue weighted by Gasteiger charge is -2.26. The molecule has 1 amide bonds. The van der Waals surface area contributed by atoms with Crippen LogP contribution in [0.2, 0.25) is 0 Å². The number of aliphatic hydroxyl groups excluding tert-OH is 1. The molecule has 0 aromatic carbocycles. The molecule has 7 nitrogen and oxygen atoms in total. The van der Waals surface area contributed by atoms with Gasteiger partial charge in [-0.15, -0.1) is 21.5 Å². The van der Waals surface area contributed by atoms with Gasteiger partial charge in [0.25, 0.3) is 0 Å². The lowest BCUT2D eigenvalue weighted by atomic mass is 10.0. The van der Waals surface area contributed by atoms with Crippen molar-refractivity contribution in [3.8, 4) is 10.7 Å². The van der Waals surface area contributed by atoms with Crippen LogP contribution in [0.4, 0.5) is 0 Å². The number of aromatic nitrogens is 4. The second kappa shape index (κ2) is 6.10. The Morgan fingerprint density at radius 2 is 2.40 bits per heavy atom. The molecule has 0 saturated heterocycles. The van der Waals surface area contributed by atoms with Gasteiger partial charge < -0.3 is 10.4 Å². The van der Waals surface area contributed by atoms with E-state index in [0.717, 1.165) is 4.88 Å². The van der Waals surface area contributed by atoms with Crippen LogP contribution in [0.5, 0.6) is 0 Å². The van der Waals surface area contributed by atoms with Crippen molar-refractivity contribution in [3.63, 3.8) is 0 Å². The number of hydrogen-bond acceptors (Lipinski definition) is 6. The third kappa shape index (κ3) is 3.40. The van der Waals surface area contributed by atoms with Crippen LogP contribution in [0.25, 0.3) is 10.7 Å². The van der Waals surface area contributed by atoms with Gasteiger partial charge >= 0.3 is 0 Å². The average Bonchev–Trinajstić information content (AvgIpc) is 3.08. The molecule has 0 saturated carbocycles. The second-order valence-electron chi connectivity index (χ2n) is 4.74. The highest BCUT2D eigenvalue weighted by Gasteiger charge is 2.23. The zero-order valence-corrected chi connectivity index (χ0v) is 12.2. The summed E-state index contributed by atoms with van der Waals surface area (Å²) in [7, 11) is 0. The molecular weight excluding hydrogens is 278 g/mol. The predicted molar refractivity (Wildman–Crippen MR) is 75.1 cm³/mol. The fourth-order valence-corrected chi connectivity index (χ4v) is 2.21. The number of tetrazole rings is 1.